The largest absolute Gasteiger partial charge is 0.497 e. The van der Waals surface area contributed by atoms with Crippen molar-refractivity contribution in [1.82, 2.24) is 0 Å². The van der Waals surface area contributed by atoms with Crippen molar-refractivity contribution in [3.63, 3.8) is 0 Å². The van der Waals surface area contributed by atoms with Gasteiger partial charge in [0.05, 0.1) is 24.7 Å². The minimum atomic E-state index is -0.871. The number of hydrogen-bond donors (Lipinski definition) is 2. The van der Waals surface area contributed by atoms with Gasteiger partial charge in [-0.25, -0.2) is 0 Å². The van der Waals surface area contributed by atoms with Gasteiger partial charge in [-0.3, -0.25) is 4.79 Å². The van der Waals surface area contributed by atoms with Gasteiger partial charge in [-0.15, -0.1) is 0 Å². The Bertz CT molecular complexity index is 590. The summed E-state index contributed by atoms with van der Waals surface area (Å²) in [5.74, 6) is 0.764. The highest BCUT2D eigenvalue weighted by Crippen LogP contribution is 2.49. The van der Waals surface area contributed by atoms with Crippen LogP contribution in [0.3, 0.4) is 0 Å². The molecule has 2 aliphatic rings. The van der Waals surface area contributed by atoms with Crippen LogP contribution < -0.4 is 4.74 Å². The molecule has 0 spiro atoms. The molecule has 2 unspecified atom stereocenters. The first kappa shape index (κ1) is 15.3. The van der Waals surface area contributed by atoms with Gasteiger partial charge in [-0.2, -0.15) is 0 Å². The van der Waals surface area contributed by atoms with Gasteiger partial charge in [0.2, 0.25) is 0 Å². The molecular formula is C18H22O4. The average molecular weight is 302 g/mol. The Labute approximate surface area is 130 Å². The van der Waals surface area contributed by atoms with Gasteiger partial charge in [0.15, 0.2) is 5.78 Å². The van der Waals surface area contributed by atoms with Crippen LogP contribution in [-0.2, 0) is 0 Å². The molecule has 0 bridgehead atoms. The van der Waals surface area contributed by atoms with Crippen LogP contribution in [0.5, 0.6) is 5.75 Å². The van der Waals surface area contributed by atoms with Crippen LogP contribution in [-0.4, -0.2) is 35.3 Å². The topological polar surface area (TPSA) is 66.8 Å². The predicted octanol–water partition coefficient (Wildman–Crippen LogP) is 2.49. The van der Waals surface area contributed by atoms with Crippen molar-refractivity contribution in [3.05, 3.63) is 41.5 Å². The Balaban J connectivity index is 1.98. The van der Waals surface area contributed by atoms with E-state index >= 15 is 0 Å². The molecule has 4 heteroatoms. The summed E-state index contributed by atoms with van der Waals surface area (Å²) in [5, 5.41) is 20.0. The average Bonchev–Trinajstić information content (AvgIpc) is 2.55. The second-order valence-corrected chi connectivity index (χ2v) is 6.30. The Morgan fingerprint density at radius 2 is 1.95 bits per heavy atom. The number of hydrogen-bond acceptors (Lipinski definition) is 4. The molecule has 0 heterocycles. The third-order valence-corrected chi connectivity index (χ3v) is 5.02. The van der Waals surface area contributed by atoms with Gasteiger partial charge in [0, 0.05) is 5.56 Å². The number of allylic oxidation sites excluding steroid dienone is 1. The fourth-order valence-corrected chi connectivity index (χ4v) is 3.78. The first-order valence-electron chi connectivity index (χ1n) is 7.83. The highest BCUT2D eigenvalue weighted by molar-refractivity contribution is 6.03. The van der Waals surface area contributed by atoms with Crippen molar-refractivity contribution in [2.45, 2.75) is 44.3 Å². The van der Waals surface area contributed by atoms with Crippen LogP contribution in [0.25, 0.3) is 0 Å². The van der Waals surface area contributed by atoms with Crippen molar-refractivity contribution in [1.29, 1.82) is 0 Å². The second-order valence-electron chi connectivity index (χ2n) is 6.30. The number of carbonyl (C=O) groups excluding carboxylic acids is 1. The van der Waals surface area contributed by atoms with E-state index in [1.54, 1.807) is 37.5 Å². The van der Waals surface area contributed by atoms with E-state index in [4.69, 9.17) is 4.74 Å². The lowest BCUT2D eigenvalue weighted by atomic mass is 9.60. The molecule has 3 atom stereocenters. The molecule has 0 amide bonds. The summed E-state index contributed by atoms with van der Waals surface area (Å²) >= 11 is 0. The van der Waals surface area contributed by atoms with Gasteiger partial charge < -0.3 is 14.9 Å². The number of fused-ring (bicyclic) bond motifs is 1. The number of ether oxygens (including phenoxy) is 1. The molecule has 0 aromatic heterocycles. The van der Waals surface area contributed by atoms with E-state index in [9.17, 15) is 15.0 Å². The van der Waals surface area contributed by atoms with Crippen molar-refractivity contribution in [2.24, 2.45) is 5.41 Å². The van der Waals surface area contributed by atoms with E-state index in [-0.39, 0.29) is 5.78 Å². The SMILES string of the molecule is COc1ccc(C(=O)[C@@]23CCCCC2=CC(O)C(O)C3)cc1. The molecule has 4 nitrogen and oxygen atoms in total. The highest BCUT2D eigenvalue weighted by atomic mass is 16.5. The van der Waals surface area contributed by atoms with E-state index < -0.39 is 17.6 Å². The van der Waals surface area contributed by atoms with Crippen LogP contribution in [0.15, 0.2) is 35.9 Å². The first-order valence-corrected chi connectivity index (χ1v) is 7.83. The van der Waals surface area contributed by atoms with Gasteiger partial charge in [-0.05, 0) is 49.9 Å². The van der Waals surface area contributed by atoms with Crippen molar-refractivity contribution in [3.8, 4) is 5.75 Å². The summed E-state index contributed by atoms with van der Waals surface area (Å²) in [6.45, 7) is 0. The molecule has 1 fully saturated rings. The predicted molar refractivity (Wildman–Crippen MR) is 82.9 cm³/mol. The second kappa shape index (κ2) is 5.86. The number of rotatable bonds is 3. The van der Waals surface area contributed by atoms with Gasteiger partial charge in [0.1, 0.15) is 5.75 Å². The zero-order valence-corrected chi connectivity index (χ0v) is 12.8. The lowest BCUT2D eigenvalue weighted by molar-refractivity contribution is 0.00240. The molecule has 0 aliphatic heterocycles. The number of carbonyl (C=O) groups is 1. The molecule has 22 heavy (non-hydrogen) atoms. The maximum Gasteiger partial charge on any atom is 0.173 e. The summed E-state index contributed by atoms with van der Waals surface area (Å²) in [4.78, 5) is 13.1. The molecular weight excluding hydrogens is 280 g/mol. The minimum Gasteiger partial charge on any atom is -0.497 e. The maximum atomic E-state index is 13.1. The van der Waals surface area contributed by atoms with Crippen molar-refractivity contribution in [2.75, 3.05) is 7.11 Å². The molecule has 1 saturated carbocycles. The molecule has 1 aromatic carbocycles. The Morgan fingerprint density at radius 3 is 2.64 bits per heavy atom. The molecule has 1 aromatic rings. The van der Waals surface area contributed by atoms with E-state index in [2.05, 4.69) is 0 Å². The minimum absolute atomic E-state index is 0.0482. The quantitative estimate of drug-likeness (QED) is 0.665. The summed E-state index contributed by atoms with van der Waals surface area (Å²) in [7, 11) is 1.59. The zero-order valence-electron chi connectivity index (χ0n) is 12.8. The van der Waals surface area contributed by atoms with Crippen LogP contribution in [0.1, 0.15) is 42.5 Å². The Morgan fingerprint density at radius 1 is 1.23 bits per heavy atom. The first-order chi connectivity index (χ1) is 10.6. The van der Waals surface area contributed by atoms with Crippen molar-refractivity contribution < 1.29 is 19.7 Å². The summed E-state index contributed by atoms with van der Waals surface area (Å²) < 4.78 is 5.13. The van der Waals surface area contributed by atoms with Crippen LogP contribution >= 0.6 is 0 Å². The lowest BCUT2D eigenvalue weighted by Gasteiger charge is -2.44. The monoisotopic (exact) mass is 302 g/mol. The van der Waals surface area contributed by atoms with Gasteiger partial charge in [0.25, 0.3) is 0 Å². The van der Waals surface area contributed by atoms with Crippen LogP contribution in [0, 0.1) is 5.41 Å². The van der Waals surface area contributed by atoms with E-state index in [1.165, 1.54) is 0 Å². The molecule has 118 valence electrons. The van der Waals surface area contributed by atoms with Gasteiger partial charge in [-0.1, -0.05) is 18.1 Å². The number of ketones is 1. The van der Waals surface area contributed by atoms with E-state index in [1.807, 2.05) is 0 Å². The molecule has 2 N–H and O–H groups in total. The number of benzene rings is 1. The third-order valence-electron chi connectivity index (χ3n) is 5.02. The highest BCUT2D eigenvalue weighted by Gasteiger charge is 2.48. The summed E-state index contributed by atoms with van der Waals surface area (Å²) in [6, 6.07) is 7.12. The normalized spacial score (nSPS) is 31.1. The fourth-order valence-electron chi connectivity index (χ4n) is 3.78. The number of Topliss-reactive ketones (excluding diaryl/α,β-unsaturated/α-hetero) is 1. The molecule has 0 saturated heterocycles. The maximum absolute atomic E-state index is 13.1. The van der Waals surface area contributed by atoms with Crippen LogP contribution in [0.2, 0.25) is 0 Å². The summed E-state index contributed by atoms with van der Waals surface area (Å²) in [6.07, 6.45) is 3.86. The zero-order chi connectivity index (χ0) is 15.7. The fraction of sp³-hybridized carbons (Fsp3) is 0.500. The number of aliphatic hydroxyl groups is 2. The summed E-state index contributed by atoms with van der Waals surface area (Å²) in [5.41, 5.74) is 0.987. The van der Waals surface area contributed by atoms with E-state index in [0.717, 1.165) is 31.3 Å². The molecule has 0 radical (unpaired) electrons. The number of aliphatic hydroxyl groups excluding tert-OH is 2. The van der Waals surface area contributed by atoms with E-state index in [0.29, 0.717) is 17.7 Å². The third kappa shape index (κ3) is 2.46. The van der Waals surface area contributed by atoms with Crippen LogP contribution in [0.4, 0.5) is 0 Å². The Kier molecular flexibility index (Phi) is 4.06. The smallest absolute Gasteiger partial charge is 0.173 e. The molecule has 2 aliphatic carbocycles. The number of methoxy groups -OCH3 is 1. The van der Waals surface area contributed by atoms with Gasteiger partial charge >= 0.3 is 0 Å². The molecule has 3 rings (SSSR count). The standard InChI is InChI=1S/C18H22O4/c1-22-14-7-5-12(6-8-14)17(21)18-9-3-2-4-13(18)10-15(19)16(20)11-18/h5-8,10,15-16,19-20H,2-4,9,11H2,1H3/t15?,16?,18-/m1/s1. The van der Waals surface area contributed by atoms with Crippen molar-refractivity contribution >= 4 is 5.78 Å². The lowest BCUT2D eigenvalue weighted by Crippen LogP contribution is -2.45. The Hall–Kier alpha value is -1.65.